The molecule has 4 heteroatoms. The van der Waals surface area contributed by atoms with Gasteiger partial charge in [-0.15, -0.1) is 11.3 Å². The summed E-state index contributed by atoms with van der Waals surface area (Å²) in [5.41, 5.74) is 37.8. The summed E-state index contributed by atoms with van der Waals surface area (Å²) in [6.45, 7) is 0. The maximum Gasteiger partial charge on any atom is 0.0555 e. The highest BCUT2D eigenvalue weighted by Gasteiger charge is 2.32. The molecule has 2 aliphatic rings. The summed E-state index contributed by atoms with van der Waals surface area (Å²) in [7, 11) is 0. The van der Waals surface area contributed by atoms with Crippen LogP contribution < -0.4 is 0 Å². The predicted molar refractivity (Wildman–Crippen MR) is 482 cm³/mol. The summed E-state index contributed by atoms with van der Waals surface area (Å²) in [5, 5.41) is 10.4. The number of benzene rings is 18. The Morgan fingerprint density at radius 1 is 0.219 bits per heavy atom. The smallest absolute Gasteiger partial charge is 0.0555 e. The second-order valence-corrected chi connectivity index (χ2v) is 31.6. The van der Waals surface area contributed by atoms with Gasteiger partial charge in [-0.05, 0) is 226 Å². The van der Waals surface area contributed by atoms with Gasteiger partial charge in [-0.25, -0.2) is 0 Å². The highest BCUT2D eigenvalue weighted by atomic mass is 32.1. The largest absolute Gasteiger partial charge is 0.309 e. The van der Waals surface area contributed by atoms with Crippen molar-refractivity contribution in [3.8, 4) is 106 Å². The maximum atomic E-state index is 2.48. The number of hydrogen-bond acceptors (Lipinski definition) is 1. The zero-order chi connectivity index (χ0) is 74.9. The van der Waals surface area contributed by atoms with Gasteiger partial charge in [0.2, 0.25) is 0 Å². The van der Waals surface area contributed by atoms with Crippen LogP contribution >= 0.6 is 11.3 Å². The van der Waals surface area contributed by atoms with Crippen LogP contribution in [-0.4, -0.2) is 13.7 Å². The van der Waals surface area contributed by atoms with Crippen molar-refractivity contribution in [2.45, 2.75) is 12.3 Å². The average molecular weight is 1470 g/mol. The number of fused-ring (bicyclic) bond motifs is 20. The number of hydrogen-bond donors (Lipinski definition) is 0. The monoisotopic (exact) mass is 1470 g/mol. The van der Waals surface area contributed by atoms with Crippen molar-refractivity contribution in [3.63, 3.8) is 0 Å². The molecular weight excluding hydrogens is 1400 g/mol. The van der Waals surface area contributed by atoms with E-state index in [1.54, 1.807) is 0 Å². The second-order valence-electron chi connectivity index (χ2n) is 30.5. The third-order valence-electron chi connectivity index (χ3n) is 24.2. The minimum atomic E-state index is 0.199. The van der Waals surface area contributed by atoms with Crippen LogP contribution in [0.3, 0.4) is 0 Å². The van der Waals surface area contributed by atoms with E-state index in [0.717, 1.165) is 17.8 Å². The van der Waals surface area contributed by atoms with E-state index in [9.17, 15) is 0 Å². The fraction of sp³-hybridized carbons (Fsp3) is 0.0182. The molecule has 1 unspecified atom stereocenters. The minimum Gasteiger partial charge on any atom is -0.309 e. The van der Waals surface area contributed by atoms with Crippen LogP contribution in [0.2, 0.25) is 0 Å². The van der Waals surface area contributed by atoms with Crippen molar-refractivity contribution in [2.75, 3.05) is 0 Å². The van der Waals surface area contributed by atoms with Crippen LogP contribution in [0.15, 0.2) is 413 Å². The zero-order valence-corrected chi connectivity index (χ0v) is 63.1. The third kappa shape index (κ3) is 10.7. The Kier molecular flexibility index (Phi) is 15.3. The van der Waals surface area contributed by atoms with E-state index < -0.39 is 0 Å². The number of thiophene rings is 1. The normalized spacial score (nSPS) is 12.8. The lowest BCUT2D eigenvalue weighted by atomic mass is 9.88. The van der Waals surface area contributed by atoms with Crippen molar-refractivity contribution >= 4 is 96.9 Å². The first kappa shape index (κ1) is 65.5. The van der Waals surface area contributed by atoms with E-state index in [4.69, 9.17) is 0 Å². The average Bonchev–Trinajstić information content (AvgIpc) is 1.56. The van der Waals surface area contributed by atoms with Crippen LogP contribution in [0, 0.1) is 0 Å². The van der Waals surface area contributed by atoms with E-state index in [0.29, 0.717) is 0 Å². The van der Waals surface area contributed by atoms with E-state index >= 15 is 0 Å². The molecule has 18 aromatic carbocycles. The summed E-state index contributed by atoms with van der Waals surface area (Å²) in [6.07, 6.45) is 0.970. The van der Waals surface area contributed by atoms with Gasteiger partial charge < -0.3 is 13.7 Å². The molecule has 1 atom stereocenters. The molecule has 0 radical (unpaired) electrons. The van der Waals surface area contributed by atoms with Crippen molar-refractivity contribution in [1.29, 1.82) is 0 Å². The molecule has 0 bridgehead atoms. The van der Waals surface area contributed by atoms with Gasteiger partial charge >= 0.3 is 0 Å². The molecule has 0 saturated heterocycles. The number of nitrogens with zero attached hydrogens (tertiary/aromatic N) is 3. The van der Waals surface area contributed by atoms with Crippen molar-refractivity contribution in [2.24, 2.45) is 0 Å². The first-order valence-corrected chi connectivity index (χ1v) is 40.3. The Labute approximate surface area is 664 Å². The fourth-order valence-corrected chi connectivity index (χ4v) is 20.2. The van der Waals surface area contributed by atoms with Crippen LogP contribution in [0.1, 0.15) is 33.7 Å². The van der Waals surface area contributed by atoms with Gasteiger partial charge in [-0.1, -0.05) is 309 Å². The van der Waals surface area contributed by atoms with Gasteiger partial charge in [-0.3, -0.25) is 0 Å². The molecule has 2 aliphatic carbocycles. The first-order chi connectivity index (χ1) is 56.5. The molecule has 4 heterocycles. The zero-order valence-electron chi connectivity index (χ0n) is 62.3. The van der Waals surface area contributed by atoms with Crippen molar-refractivity contribution in [1.82, 2.24) is 13.7 Å². The van der Waals surface area contributed by atoms with Gasteiger partial charge in [0.1, 0.15) is 0 Å². The highest BCUT2D eigenvalue weighted by Crippen LogP contribution is 2.52. The first-order valence-electron chi connectivity index (χ1n) is 39.5. The Morgan fingerprint density at radius 2 is 0.640 bits per heavy atom. The molecular formula is C110H71N3S. The Bertz CT molecular complexity index is 7590. The summed E-state index contributed by atoms with van der Waals surface area (Å²) in [4.78, 5) is 0. The fourth-order valence-electron chi connectivity index (χ4n) is 18.9. The molecule has 0 aliphatic heterocycles. The molecule has 0 spiro atoms. The Morgan fingerprint density at radius 3 is 1.28 bits per heavy atom. The molecule has 4 aromatic heterocycles. The SMILES string of the molecule is c1ccc(-c2ccc(-n3c4ccccc4c4cc(-c5ccc6c(c5)c5c7sc8ccccc8c7ccc5n6-c5cccc(-c6ccccc6)c5)ccc43)cc2)cc1.c1ccc(-c2ccc(C3c4ccccc4-c4cc(-c5ccc6c(c5)c5c7c(ccc5n6-c5cccc(-c6ccccc6)c5)Cc5ccccc5-7)ccc43)cc2)cc1. The van der Waals surface area contributed by atoms with E-state index in [2.05, 4.69) is 426 Å². The lowest BCUT2D eigenvalue weighted by molar-refractivity contribution is 1.02. The van der Waals surface area contributed by atoms with Crippen LogP contribution in [0.4, 0.5) is 0 Å². The van der Waals surface area contributed by atoms with Gasteiger partial charge in [-0.2, -0.15) is 0 Å². The standard InChI is InChI=1S/C56H37N.C54H34N2S/c1-3-12-36(13-4-1)38-22-24-39(25-23-38)54-48-21-10-9-20-47(48)50-34-41(26-29-49(50)54)42-27-30-52-51(35-42)56-53(31-28-44-32-43-16-7-8-19-46(43)55(44)56)57(52)45-18-11-17-40(33-45)37-14-5-2-6-15-37;1-3-12-35(13-4-1)37-22-26-41(27-23-37)55-48-20-9-7-18-43(48)46-33-39(24-29-49(46)55)40-25-30-50-47(34-40)53-51(31-28-45-44-19-8-10-21-52(44)57-54(45)53)56(50)42-17-11-16-38(32-42)36-14-5-2-6-15-36/h1-31,33-35,54H,32H2;1-34H. The van der Waals surface area contributed by atoms with E-state index in [1.807, 2.05) is 11.3 Å². The molecule has 0 fully saturated rings. The minimum absolute atomic E-state index is 0.199. The molecule has 114 heavy (non-hydrogen) atoms. The van der Waals surface area contributed by atoms with Crippen molar-refractivity contribution in [3.05, 3.63) is 440 Å². The van der Waals surface area contributed by atoms with Gasteiger partial charge in [0, 0.05) is 75.5 Å². The molecule has 24 rings (SSSR count). The second kappa shape index (κ2) is 26.7. The number of aromatic nitrogens is 3. The predicted octanol–water partition coefficient (Wildman–Crippen LogP) is 29.8. The summed E-state index contributed by atoms with van der Waals surface area (Å²) in [5.74, 6) is 0.199. The molecule has 22 aromatic rings. The molecule has 0 N–H and O–H groups in total. The summed E-state index contributed by atoms with van der Waals surface area (Å²) >= 11 is 1.90. The van der Waals surface area contributed by atoms with Gasteiger partial charge in [0.05, 0.1) is 33.1 Å². The molecule has 3 nitrogen and oxygen atoms in total. The van der Waals surface area contributed by atoms with E-state index in [1.165, 1.54) is 208 Å². The lowest BCUT2D eigenvalue weighted by Crippen LogP contribution is -1.99. The van der Waals surface area contributed by atoms with Crippen molar-refractivity contribution < 1.29 is 0 Å². The number of para-hydroxylation sites is 1. The van der Waals surface area contributed by atoms with Gasteiger partial charge in [0.15, 0.2) is 0 Å². The van der Waals surface area contributed by atoms with E-state index in [-0.39, 0.29) is 5.92 Å². The van der Waals surface area contributed by atoms with Gasteiger partial charge in [0.25, 0.3) is 0 Å². The van der Waals surface area contributed by atoms with Crippen LogP contribution in [0.5, 0.6) is 0 Å². The third-order valence-corrected chi connectivity index (χ3v) is 25.4. The maximum absolute atomic E-state index is 2.48. The van der Waals surface area contributed by atoms with Crippen LogP contribution in [-0.2, 0) is 6.42 Å². The lowest BCUT2D eigenvalue weighted by Gasteiger charge is -2.15. The molecule has 532 valence electrons. The van der Waals surface area contributed by atoms with Crippen LogP contribution in [0.25, 0.3) is 192 Å². The Hall–Kier alpha value is -14.4. The summed E-state index contributed by atoms with van der Waals surface area (Å²) in [6, 6.07) is 152. The Balaban J connectivity index is 0.000000135. The number of rotatable bonds is 10. The highest BCUT2D eigenvalue weighted by molar-refractivity contribution is 7.26. The quantitative estimate of drug-likeness (QED) is 0.130. The molecule has 0 amide bonds. The summed E-state index contributed by atoms with van der Waals surface area (Å²) < 4.78 is 10.0. The molecule has 0 saturated carbocycles. The topological polar surface area (TPSA) is 14.8 Å².